The van der Waals surface area contributed by atoms with E-state index in [4.69, 9.17) is 4.42 Å². The molecule has 1 amide bonds. The van der Waals surface area contributed by atoms with Crippen LogP contribution in [0.25, 0.3) is 10.9 Å². The molecule has 0 bridgehead atoms. The molecule has 3 rings (SSSR count). The van der Waals surface area contributed by atoms with E-state index >= 15 is 0 Å². The number of amides is 1. The van der Waals surface area contributed by atoms with E-state index in [0.29, 0.717) is 16.6 Å². The molecule has 0 aliphatic carbocycles. The number of furan rings is 1. The van der Waals surface area contributed by atoms with Gasteiger partial charge in [-0.25, -0.2) is 0 Å². The lowest BCUT2D eigenvalue weighted by Gasteiger charge is -2.24. The van der Waals surface area contributed by atoms with E-state index in [1.165, 1.54) is 12.3 Å². The van der Waals surface area contributed by atoms with Gasteiger partial charge in [0.1, 0.15) is 12.3 Å². The standard InChI is InChI=1S/C19H17F3N2O2/c1-12-5-6-17-14(8-12)9-16(13(2)23-17)18(25)24(11-19(20,21)22)10-15-4-3-7-26-15/h3-9H,10-11H2,1-2H3. The smallest absolute Gasteiger partial charge is 0.406 e. The zero-order chi connectivity index (χ0) is 18.9. The molecule has 0 N–H and O–H groups in total. The van der Waals surface area contributed by atoms with Crippen LogP contribution in [0.3, 0.4) is 0 Å². The molecule has 2 heterocycles. The van der Waals surface area contributed by atoms with E-state index in [0.717, 1.165) is 10.5 Å². The lowest BCUT2D eigenvalue weighted by Crippen LogP contribution is -2.38. The molecule has 2 aromatic heterocycles. The summed E-state index contributed by atoms with van der Waals surface area (Å²) >= 11 is 0. The average molecular weight is 362 g/mol. The van der Waals surface area contributed by atoms with Crippen LogP contribution in [0, 0.1) is 13.8 Å². The largest absolute Gasteiger partial charge is 0.467 e. The highest BCUT2D eigenvalue weighted by molar-refractivity contribution is 5.98. The number of aromatic nitrogens is 1. The van der Waals surface area contributed by atoms with Crippen LogP contribution in [0.1, 0.15) is 27.4 Å². The fraction of sp³-hybridized carbons (Fsp3) is 0.263. The number of hydrogen-bond donors (Lipinski definition) is 0. The Morgan fingerprint density at radius 2 is 1.96 bits per heavy atom. The van der Waals surface area contributed by atoms with E-state index < -0.39 is 18.6 Å². The number of alkyl halides is 3. The van der Waals surface area contributed by atoms with Crippen molar-refractivity contribution in [2.24, 2.45) is 0 Å². The molecule has 0 aliphatic heterocycles. The first-order valence-corrected chi connectivity index (χ1v) is 7.99. The van der Waals surface area contributed by atoms with Gasteiger partial charge in [-0.05, 0) is 44.2 Å². The van der Waals surface area contributed by atoms with Gasteiger partial charge in [-0.1, -0.05) is 11.6 Å². The third kappa shape index (κ3) is 4.04. The first-order valence-electron chi connectivity index (χ1n) is 7.99. The predicted octanol–water partition coefficient (Wildman–Crippen LogP) is 4.65. The molecule has 136 valence electrons. The Bertz CT molecular complexity index is 934. The Morgan fingerprint density at radius 1 is 1.19 bits per heavy atom. The van der Waals surface area contributed by atoms with Gasteiger partial charge in [-0.2, -0.15) is 13.2 Å². The number of rotatable bonds is 4. The maximum Gasteiger partial charge on any atom is 0.406 e. The molecule has 4 nitrogen and oxygen atoms in total. The van der Waals surface area contributed by atoms with Crippen molar-refractivity contribution < 1.29 is 22.4 Å². The van der Waals surface area contributed by atoms with Gasteiger partial charge < -0.3 is 9.32 Å². The fourth-order valence-electron chi connectivity index (χ4n) is 2.79. The van der Waals surface area contributed by atoms with Gasteiger partial charge in [-0.15, -0.1) is 0 Å². The summed E-state index contributed by atoms with van der Waals surface area (Å²) in [7, 11) is 0. The molecule has 0 spiro atoms. The number of carbonyl (C=O) groups excluding carboxylic acids is 1. The van der Waals surface area contributed by atoms with E-state index in [1.54, 1.807) is 19.1 Å². The number of fused-ring (bicyclic) bond motifs is 1. The quantitative estimate of drug-likeness (QED) is 0.679. The summed E-state index contributed by atoms with van der Waals surface area (Å²) in [5.41, 5.74) is 2.21. The topological polar surface area (TPSA) is 46.3 Å². The normalized spacial score (nSPS) is 11.7. The average Bonchev–Trinajstić information content (AvgIpc) is 3.05. The zero-order valence-corrected chi connectivity index (χ0v) is 14.3. The molecule has 0 unspecified atom stereocenters. The molecule has 0 aliphatic rings. The van der Waals surface area contributed by atoms with Gasteiger partial charge in [0, 0.05) is 5.39 Å². The number of hydrogen-bond acceptors (Lipinski definition) is 3. The Kier molecular flexibility index (Phi) is 4.71. The maximum atomic E-state index is 13.0. The van der Waals surface area contributed by atoms with Crippen molar-refractivity contribution in [1.82, 2.24) is 9.88 Å². The number of aryl methyl sites for hydroxylation is 2. The number of halogens is 3. The molecule has 1 aromatic carbocycles. The molecular weight excluding hydrogens is 345 g/mol. The summed E-state index contributed by atoms with van der Waals surface area (Å²) < 4.78 is 44.0. The van der Waals surface area contributed by atoms with E-state index in [2.05, 4.69) is 4.98 Å². The van der Waals surface area contributed by atoms with Crippen molar-refractivity contribution in [3.63, 3.8) is 0 Å². The summed E-state index contributed by atoms with van der Waals surface area (Å²) in [5.74, 6) is -0.447. The highest BCUT2D eigenvalue weighted by atomic mass is 19.4. The Morgan fingerprint density at radius 3 is 2.62 bits per heavy atom. The minimum absolute atomic E-state index is 0.152. The van der Waals surface area contributed by atoms with Crippen molar-refractivity contribution in [2.75, 3.05) is 6.54 Å². The van der Waals surface area contributed by atoms with Crippen LogP contribution in [0.5, 0.6) is 0 Å². The van der Waals surface area contributed by atoms with Gasteiger partial charge in [0.05, 0.1) is 29.6 Å². The summed E-state index contributed by atoms with van der Waals surface area (Å²) in [6.45, 7) is 1.88. The summed E-state index contributed by atoms with van der Waals surface area (Å²) in [6, 6.07) is 10.3. The number of nitrogens with zero attached hydrogens (tertiary/aromatic N) is 2. The second kappa shape index (κ2) is 6.82. The second-order valence-electron chi connectivity index (χ2n) is 6.17. The second-order valence-corrected chi connectivity index (χ2v) is 6.17. The first kappa shape index (κ1) is 18.0. The summed E-state index contributed by atoms with van der Waals surface area (Å²) in [5, 5.41) is 0.712. The van der Waals surface area contributed by atoms with E-state index in [9.17, 15) is 18.0 Å². The zero-order valence-electron chi connectivity index (χ0n) is 14.3. The summed E-state index contributed by atoms with van der Waals surface area (Å²) in [4.78, 5) is 17.9. The van der Waals surface area contributed by atoms with Crippen molar-refractivity contribution in [1.29, 1.82) is 0 Å². The molecule has 0 fully saturated rings. The Hall–Kier alpha value is -2.83. The lowest BCUT2D eigenvalue weighted by molar-refractivity contribution is -0.142. The lowest BCUT2D eigenvalue weighted by atomic mass is 10.1. The number of benzene rings is 1. The van der Waals surface area contributed by atoms with Gasteiger partial charge in [-0.3, -0.25) is 9.78 Å². The predicted molar refractivity (Wildman–Crippen MR) is 90.7 cm³/mol. The van der Waals surface area contributed by atoms with Gasteiger partial charge in [0.15, 0.2) is 0 Å². The number of carbonyl (C=O) groups is 1. The molecule has 0 radical (unpaired) electrons. The molecule has 26 heavy (non-hydrogen) atoms. The van der Waals surface area contributed by atoms with Crippen molar-refractivity contribution in [3.8, 4) is 0 Å². The van der Waals surface area contributed by atoms with Gasteiger partial charge >= 0.3 is 6.18 Å². The van der Waals surface area contributed by atoms with Crippen molar-refractivity contribution in [3.05, 3.63) is 65.2 Å². The third-order valence-electron chi connectivity index (χ3n) is 3.98. The maximum absolute atomic E-state index is 13.0. The summed E-state index contributed by atoms with van der Waals surface area (Å²) in [6.07, 6.45) is -3.16. The van der Waals surface area contributed by atoms with Crippen LogP contribution < -0.4 is 0 Å². The molecule has 0 atom stereocenters. The van der Waals surface area contributed by atoms with Crippen LogP contribution >= 0.6 is 0 Å². The molecule has 3 aromatic rings. The van der Waals surface area contributed by atoms with Gasteiger partial charge in [0.25, 0.3) is 5.91 Å². The van der Waals surface area contributed by atoms with E-state index in [-0.39, 0.29) is 17.9 Å². The van der Waals surface area contributed by atoms with Crippen molar-refractivity contribution >= 4 is 16.8 Å². The minimum Gasteiger partial charge on any atom is -0.467 e. The SMILES string of the molecule is Cc1ccc2nc(C)c(C(=O)N(Cc3ccco3)CC(F)(F)F)cc2c1. The molecule has 0 saturated heterocycles. The molecular formula is C19H17F3N2O2. The monoisotopic (exact) mass is 362 g/mol. The molecule has 0 saturated carbocycles. The van der Waals surface area contributed by atoms with Crippen LogP contribution in [-0.2, 0) is 6.54 Å². The van der Waals surface area contributed by atoms with Crippen LogP contribution in [-0.4, -0.2) is 28.5 Å². The third-order valence-corrected chi connectivity index (χ3v) is 3.98. The fourth-order valence-corrected chi connectivity index (χ4v) is 2.79. The minimum atomic E-state index is -4.52. The van der Waals surface area contributed by atoms with Crippen LogP contribution in [0.4, 0.5) is 13.2 Å². The van der Waals surface area contributed by atoms with Crippen LogP contribution in [0.2, 0.25) is 0 Å². The van der Waals surface area contributed by atoms with Crippen molar-refractivity contribution in [2.45, 2.75) is 26.6 Å². The highest BCUT2D eigenvalue weighted by Crippen LogP contribution is 2.23. The van der Waals surface area contributed by atoms with Gasteiger partial charge in [0.2, 0.25) is 0 Å². The van der Waals surface area contributed by atoms with E-state index in [1.807, 2.05) is 25.1 Å². The Labute approximate surface area is 148 Å². The first-order chi connectivity index (χ1) is 12.2. The van der Waals surface area contributed by atoms with Crippen LogP contribution in [0.15, 0.2) is 47.1 Å². The highest BCUT2D eigenvalue weighted by Gasteiger charge is 2.34. The Balaban J connectivity index is 1.99. The number of pyridine rings is 1. The molecule has 7 heteroatoms.